The first-order valence-electron chi connectivity index (χ1n) is 7.13. The highest BCUT2D eigenvalue weighted by atomic mass is 32.1. The predicted molar refractivity (Wildman–Crippen MR) is 87.4 cm³/mol. The highest BCUT2D eigenvalue weighted by Crippen LogP contribution is 2.30. The van der Waals surface area contributed by atoms with Crippen molar-refractivity contribution in [3.05, 3.63) is 63.9 Å². The van der Waals surface area contributed by atoms with Crippen LogP contribution in [-0.4, -0.2) is 19.7 Å². The average molecular weight is 342 g/mol. The third-order valence-corrected chi connectivity index (χ3v) is 4.48. The number of thiophene rings is 1. The fraction of sp³-hybridized carbons (Fsp3) is 0.125. The Labute approximate surface area is 139 Å². The SMILES string of the molecule is Cc1nc(Cn2cnc3scc(-c4ccc(F)cc4)c3c2=O)no1. The lowest BCUT2D eigenvalue weighted by molar-refractivity contribution is 0.386. The van der Waals surface area contributed by atoms with Crippen molar-refractivity contribution >= 4 is 21.6 Å². The lowest BCUT2D eigenvalue weighted by atomic mass is 10.1. The minimum absolute atomic E-state index is 0.178. The van der Waals surface area contributed by atoms with Crippen molar-refractivity contribution in [3.63, 3.8) is 0 Å². The van der Waals surface area contributed by atoms with Crippen LogP contribution in [0, 0.1) is 12.7 Å². The van der Waals surface area contributed by atoms with Gasteiger partial charge in [-0.2, -0.15) is 4.98 Å². The predicted octanol–water partition coefficient (Wildman–Crippen LogP) is 3.00. The van der Waals surface area contributed by atoms with Gasteiger partial charge in [-0.05, 0) is 17.7 Å². The van der Waals surface area contributed by atoms with E-state index in [1.54, 1.807) is 19.1 Å². The van der Waals surface area contributed by atoms with Gasteiger partial charge in [0.05, 0.1) is 18.3 Å². The second kappa shape index (κ2) is 5.64. The topological polar surface area (TPSA) is 73.8 Å². The molecule has 0 bridgehead atoms. The van der Waals surface area contributed by atoms with Gasteiger partial charge in [-0.1, -0.05) is 17.3 Å². The quantitative estimate of drug-likeness (QED) is 0.572. The Morgan fingerprint density at radius 3 is 2.79 bits per heavy atom. The summed E-state index contributed by atoms with van der Waals surface area (Å²) in [5.41, 5.74) is 1.32. The summed E-state index contributed by atoms with van der Waals surface area (Å²) in [6, 6.07) is 6.04. The van der Waals surface area contributed by atoms with E-state index < -0.39 is 0 Å². The Morgan fingerprint density at radius 2 is 2.08 bits per heavy atom. The second-order valence-electron chi connectivity index (χ2n) is 5.24. The van der Waals surface area contributed by atoms with Crippen molar-refractivity contribution < 1.29 is 8.91 Å². The molecule has 3 heterocycles. The summed E-state index contributed by atoms with van der Waals surface area (Å²) in [7, 11) is 0. The minimum atomic E-state index is -0.318. The van der Waals surface area contributed by atoms with E-state index in [2.05, 4.69) is 15.1 Å². The molecule has 24 heavy (non-hydrogen) atoms. The highest BCUT2D eigenvalue weighted by molar-refractivity contribution is 7.17. The summed E-state index contributed by atoms with van der Waals surface area (Å²) in [5.74, 6) is 0.533. The maximum Gasteiger partial charge on any atom is 0.263 e. The van der Waals surface area contributed by atoms with Crippen molar-refractivity contribution in [3.8, 4) is 11.1 Å². The molecule has 0 amide bonds. The maximum absolute atomic E-state index is 13.1. The van der Waals surface area contributed by atoms with Gasteiger partial charge in [-0.15, -0.1) is 11.3 Å². The van der Waals surface area contributed by atoms with Crippen LogP contribution in [0.3, 0.4) is 0 Å². The van der Waals surface area contributed by atoms with Crippen molar-refractivity contribution in [1.82, 2.24) is 19.7 Å². The number of aromatic nitrogens is 4. The van der Waals surface area contributed by atoms with Gasteiger partial charge in [0.2, 0.25) is 5.89 Å². The van der Waals surface area contributed by atoms with Gasteiger partial charge in [0.15, 0.2) is 5.82 Å². The van der Waals surface area contributed by atoms with Crippen LogP contribution in [0.4, 0.5) is 4.39 Å². The number of fused-ring (bicyclic) bond motifs is 1. The number of hydrogen-bond acceptors (Lipinski definition) is 6. The van der Waals surface area contributed by atoms with Crippen LogP contribution in [0.15, 0.2) is 45.3 Å². The number of nitrogens with zero attached hydrogens (tertiary/aromatic N) is 4. The standard InChI is InChI=1S/C16H11FN4O2S/c1-9-19-13(20-23-9)6-21-8-18-15-14(16(21)22)12(7-24-15)10-2-4-11(17)5-3-10/h2-5,7-8H,6H2,1H3. The summed E-state index contributed by atoms with van der Waals surface area (Å²) in [4.78, 5) is 21.9. The van der Waals surface area contributed by atoms with Gasteiger partial charge in [0.1, 0.15) is 10.6 Å². The zero-order chi connectivity index (χ0) is 16.7. The van der Waals surface area contributed by atoms with Crippen LogP contribution in [0.5, 0.6) is 0 Å². The molecule has 4 aromatic rings. The maximum atomic E-state index is 13.1. The van der Waals surface area contributed by atoms with Gasteiger partial charge in [0, 0.05) is 17.9 Å². The molecule has 4 rings (SSSR count). The summed E-state index contributed by atoms with van der Waals surface area (Å²) < 4.78 is 19.5. The van der Waals surface area contributed by atoms with Crippen molar-refractivity contribution in [1.29, 1.82) is 0 Å². The minimum Gasteiger partial charge on any atom is -0.340 e. The van der Waals surface area contributed by atoms with E-state index in [4.69, 9.17) is 4.52 Å². The summed E-state index contributed by atoms with van der Waals surface area (Å²) in [6.45, 7) is 1.87. The number of benzene rings is 1. The smallest absolute Gasteiger partial charge is 0.263 e. The number of halogens is 1. The number of hydrogen-bond donors (Lipinski definition) is 0. The van der Waals surface area contributed by atoms with E-state index >= 15 is 0 Å². The highest BCUT2D eigenvalue weighted by Gasteiger charge is 2.14. The molecule has 0 fully saturated rings. The first kappa shape index (κ1) is 14.7. The first-order chi connectivity index (χ1) is 11.6. The molecule has 0 radical (unpaired) electrons. The molecule has 0 N–H and O–H groups in total. The molecule has 8 heteroatoms. The Kier molecular flexibility index (Phi) is 3.46. The van der Waals surface area contributed by atoms with Crippen molar-refractivity contribution in [2.75, 3.05) is 0 Å². The van der Waals surface area contributed by atoms with E-state index in [1.165, 1.54) is 34.4 Å². The molecule has 6 nitrogen and oxygen atoms in total. The number of aryl methyl sites for hydroxylation is 1. The van der Waals surface area contributed by atoms with E-state index in [1.807, 2.05) is 5.38 Å². The molecular formula is C16H11FN4O2S. The Bertz CT molecular complexity index is 1080. The van der Waals surface area contributed by atoms with Crippen LogP contribution in [0.25, 0.3) is 21.3 Å². The van der Waals surface area contributed by atoms with Crippen LogP contribution in [0.2, 0.25) is 0 Å². The van der Waals surface area contributed by atoms with E-state index in [-0.39, 0.29) is 17.9 Å². The fourth-order valence-corrected chi connectivity index (χ4v) is 3.39. The third-order valence-electron chi connectivity index (χ3n) is 3.60. The molecule has 1 aromatic carbocycles. The van der Waals surface area contributed by atoms with E-state index in [0.717, 1.165) is 11.1 Å². The second-order valence-corrected chi connectivity index (χ2v) is 6.10. The molecule has 120 valence electrons. The zero-order valence-corrected chi connectivity index (χ0v) is 13.4. The van der Waals surface area contributed by atoms with Gasteiger partial charge >= 0.3 is 0 Å². The molecule has 0 spiro atoms. The van der Waals surface area contributed by atoms with Crippen molar-refractivity contribution in [2.45, 2.75) is 13.5 Å². The summed E-state index contributed by atoms with van der Waals surface area (Å²) in [6.07, 6.45) is 1.47. The molecule has 0 aliphatic rings. The van der Waals surface area contributed by atoms with E-state index in [9.17, 15) is 9.18 Å². The lowest BCUT2D eigenvalue weighted by Gasteiger charge is -2.03. The molecule has 0 saturated heterocycles. The largest absolute Gasteiger partial charge is 0.340 e. The lowest BCUT2D eigenvalue weighted by Crippen LogP contribution is -2.21. The van der Waals surface area contributed by atoms with Gasteiger partial charge in [-0.3, -0.25) is 9.36 Å². The van der Waals surface area contributed by atoms with Crippen molar-refractivity contribution in [2.24, 2.45) is 0 Å². The molecule has 0 unspecified atom stereocenters. The summed E-state index contributed by atoms with van der Waals surface area (Å²) >= 11 is 1.38. The zero-order valence-electron chi connectivity index (χ0n) is 12.6. The Balaban J connectivity index is 1.84. The molecule has 3 aromatic heterocycles. The normalized spacial score (nSPS) is 11.2. The number of rotatable bonds is 3. The molecule has 0 saturated carbocycles. The summed E-state index contributed by atoms with van der Waals surface area (Å²) in [5, 5.41) is 6.16. The van der Waals surface area contributed by atoms with Crippen LogP contribution in [-0.2, 0) is 6.54 Å². The van der Waals surface area contributed by atoms with Crippen LogP contribution in [0.1, 0.15) is 11.7 Å². The van der Waals surface area contributed by atoms with Crippen LogP contribution < -0.4 is 5.56 Å². The van der Waals surface area contributed by atoms with Gasteiger partial charge < -0.3 is 4.52 Å². The van der Waals surface area contributed by atoms with Gasteiger partial charge in [0.25, 0.3) is 5.56 Å². The van der Waals surface area contributed by atoms with Gasteiger partial charge in [-0.25, -0.2) is 9.37 Å². The first-order valence-corrected chi connectivity index (χ1v) is 8.01. The Hall–Kier alpha value is -2.87. The average Bonchev–Trinajstić information content (AvgIpc) is 3.18. The van der Waals surface area contributed by atoms with E-state index in [0.29, 0.717) is 21.9 Å². The molecule has 0 atom stereocenters. The van der Waals surface area contributed by atoms with Crippen LogP contribution >= 0.6 is 11.3 Å². The fourth-order valence-electron chi connectivity index (χ4n) is 2.48. The third kappa shape index (κ3) is 2.50. The monoisotopic (exact) mass is 342 g/mol. The molecule has 0 aliphatic carbocycles. The Morgan fingerprint density at radius 1 is 1.29 bits per heavy atom. The molecular weight excluding hydrogens is 331 g/mol. The molecule has 0 aliphatic heterocycles.